The Balaban J connectivity index is 4.45. The van der Waals surface area contributed by atoms with Crippen LogP contribution in [-0.4, -0.2) is 37.2 Å². The van der Waals surface area contributed by atoms with Crippen molar-refractivity contribution in [2.24, 2.45) is 0 Å². The number of rotatable bonds is 46. The molecule has 61 heavy (non-hydrogen) atoms. The summed E-state index contributed by atoms with van der Waals surface area (Å²) >= 11 is 0. The van der Waals surface area contributed by atoms with Crippen LogP contribution in [0.25, 0.3) is 0 Å². The van der Waals surface area contributed by atoms with Crippen molar-refractivity contribution in [3.05, 3.63) is 60.8 Å². The monoisotopic (exact) mass is 853 g/mol. The molecule has 0 N–H and O–H groups in total. The lowest BCUT2D eigenvalue weighted by molar-refractivity contribution is -0.167. The second-order valence-electron chi connectivity index (χ2n) is 17.1. The maximum atomic E-state index is 12.8. The van der Waals surface area contributed by atoms with Crippen LogP contribution in [0.2, 0.25) is 0 Å². The largest absolute Gasteiger partial charge is 0.462 e. The Hall–Kier alpha value is -2.89. The number of hydrogen-bond donors (Lipinski definition) is 0. The highest BCUT2D eigenvalue weighted by Gasteiger charge is 2.19. The highest BCUT2D eigenvalue weighted by Crippen LogP contribution is 2.15. The number of esters is 3. The van der Waals surface area contributed by atoms with Gasteiger partial charge in [-0.05, 0) is 77.0 Å². The van der Waals surface area contributed by atoms with Crippen molar-refractivity contribution in [3.63, 3.8) is 0 Å². The molecule has 0 aliphatic rings. The highest BCUT2D eigenvalue weighted by atomic mass is 16.6. The molecule has 6 nitrogen and oxygen atoms in total. The standard InChI is InChI=1S/C55H96O6/c1-4-7-10-13-16-19-22-24-26-27-29-31-34-37-40-43-46-49-55(58)61-52(50-59-53(56)47-44-41-38-35-32-21-18-15-12-9-6-3)51-60-54(57)48-45-42-39-36-33-30-28-25-23-20-17-14-11-8-5-2/h15-16,18-19,24,26,29,31,37,40,52H,4-14,17,20-23,25,27-28,30,32-36,38-39,41-51H2,1-3H3/b18-15-,19-16-,26-24-,31-29-,40-37-/t52-/m1/s1. The number of unbranched alkanes of at least 4 members (excludes halogenated alkanes) is 25. The Bertz CT molecular complexity index is 1120. The first kappa shape index (κ1) is 58.1. The van der Waals surface area contributed by atoms with Crippen molar-refractivity contribution < 1.29 is 28.6 Å². The average molecular weight is 853 g/mol. The van der Waals surface area contributed by atoms with E-state index in [4.69, 9.17) is 14.2 Å². The van der Waals surface area contributed by atoms with Crippen LogP contribution in [0.1, 0.15) is 252 Å². The van der Waals surface area contributed by atoms with Crippen LogP contribution < -0.4 is 0 Å². The molecule has 0 aromatic heterocycles. The minimum atomic E-state index is -0.802. The fourth-order valence-electron chi connectivity index (χ4n) is 7.06. The number of allylic oxidation sites excluding steroid dienone is 10. The van der Waals surface area contributed by atoms with Crippen molar-refractivity contribution in [1.29, 1.82) is 0 Å². The van der Waals surface area contributed by atoms with Gasteiger partial charge in [-0.2, -0.15) is 0 Å². The van der Waals surface area contributed by atoms with E-state index in [0.29, 0.717) is 19.3 Å². The van der Waals surface area contributed by atoms with Gasteiger partial charge in [-0.1, -0.05) is 216 Å². The molecule has 1 atom stereocenters. The zero-order valence-electron chi connectivity index (χ0n) is 40.2. The Kier molecular flexibility index (Phi) is 47.4. The van der Waals surface area contributed by atoms with Gasteiger partial charge in [-0.3, -0.25) is 14.4 Å². The third kappa shape index (κ3) is 48.0. The van der Waals surface area contributed by atoms with Crippen molar-refractivity contribution in [1.82, 2.24) is 0 Å². The average Bonchev–Trinajstić information content (AvgIpc) is 3.26. The molecule has 0 spiro atoms. The van der Waals surface area contributed by atoms with E-state index in [1.165, 1.54) is 135 Å². The van der Waals surface area contributed by atoms with Crippen LogP contribution in [0.4, 0.5) is 0 Å². The molecule has 6 heteroatoms. The van der Waals surface area contributed by atoms with Crippen LogP contribution in [-0.2, 0) is 28.6 Å². The van der Waals surface area contributed by atoms with E-state index < -0.39 is 6.10 Å². The second kappa shape index (κ2) is 49.8. The summed E-state index contributed by atoms with van der Waals surface area (Å²) in [5, 5.41) is 0. The van der Waals surface area contributed by atoms with Crippen LogP contribution in [0.3, 0.4) is 0 Å². The van der Waals surface area contributed by atoms with E-state index >= 15 is 0 Å². The number of ether oxygens (including phenoxy) is 3. The SMILES string of the molecule is CCCC/C=C\CCCCCCCC(=O)OC[C@H](COC(=O)CCCCCCCCCCCCCCCCC)OC(=O)CCC/C=C\C/C=C\C/C=C\C/C=C\CCCCC. The Morgan fingerprint density at radius 1 is 0.328 bits per heavy atom. The third-order valence-electron chi connectivity index (χ3n) is 11.0. The molecule has 0 aromatic rings. The molecule has 0 aliphatic carbocycles. The van der Waals surface area contributed by atoms with Gasteiger partial charge in [0.1, 0.15) is 13.2 Å². The molecule has 352 valence electrons. The first-order valence-electron chi connectivity index (χ1n) is 25.8. The minimum absolute atomic E-state index is 0.0966. The lowest BCUT2D eigenvalue weighted by Crippen LogP contribution is -2.30. The first-order chi connectivity index (χ1) is 30.0. The fourth-order valence-corrected chi connectivity index (χ4v) is 7.06. The van der Waals surface area contributed by atoms with Gasteiger partial charge >= 0.3 is 17.9 Å². The van der Waals surface area contributed by atoms with Gasteiger partial charge in [-0.15, -0.1) is 0 Å². The predicted molar refractivity (Wildman–Crippen MR) is 261 cm³/mol. The van der Waals surface area contributed by atoms with Crippen molar-refractivity contribution in [2.75, 3.05) is 13.2 Å². The van der Waals surface area contributed by atoms with E-state index in [1.807, 2.05) is 0 Å². The molecule has 0 fully saturated rings. The third-order valence-corrected chi connectivity index (χ3v) is 11.0. The quantitative estimate of drug-likeness (QED) is 0.0263. The smallest absolute Gasteiger partial charge is 0.306 e. The van der Waals surface area contributed by atoms with Gasteiger partial charge in [0, 0.05) is 19.3 Å². The van der Waals surface area contributed by atoms with Gasteiger partial charge in [0.15, 0.2) is 6.10 Å². The molecule has 0 radical (unpaired) electrons. The molecule has 0 aliphatic heterocycles. The second-order valence-corrected chi connectivity index (χ2v) is 17.1. The van der Waals surface area contributed by atoms with Gasteiger partial charge < -0.3 is 14.2 Å². The van der Waals surface area contributed by atoms with E-state index in [-0.39, 0.29) is 37.5 Å². The normalized spacial score (nSPS) is 12.5. The fraction of sp³-hybridized carbons (Fsp3) is 0.764. The topological polar surface area (TPSA) is 78.9 Å². The Morgan fingerprint density at radius 2 is 0.623 bits per heavy atom. The predicted octanol–water partition coefficient (Wildman–Crippen LogP) is 16.9. The first-order valence-corrected chi connectivity index (χ1v) is 25.8. The van der Waals surface area contributed by atoms with E-state index in [1.54, 1.807) is 0 Å². The van der Waals surface area contributed by atoms with Crippen LogP contribution in [0.5, 0.6) is 0 Å². The van der Waals surface area contributed by atoms with Crippen LogP contribution >= 0.6 is 0 Å². The summed E-state index contributed by atoms with van der Waals surface area (Å²) in [5.74, 6) is -0.959. The molecular weight excluding hydrogens is 757 g/mol. The zero-order valence-corrected chi connectivity index (χ0v) is 40.2. The van der Waals surface area contributed by atoms with E-state index in [0.717, 1.165) is 70.6 Å². The maximum absolute atomic E-state index is 12.8. The molecule has 0 saturated carbocycles. The van der Waals surface area contributed by atoms with E-state index in [2.05, 4.69) is 81.5 Å². The molecule has 0 rings (SSSR count). The summed E-state index contributed by atoms with van der Waals surface area (Å²) in [7, 11) is 0. The van der Waals surface area contributed by atoms with Gasteiger partial charge in [0.25, 0.3) is 0 Å². The van der Waals surface area contributed by atoms with Crippen LogP contribution in [0.15, 0.2) is 60.8 Å². The van der Waals surface area contributed by atoms with Crippen molar-refractivity contribution in [3.8, 4) is 0 Å². The number of hydrogen-bond acceptors (Lipinski definition) is 6. The molecular formula is C55H96O6. The molecule has 0 amide bonds. The molecule has 0 unspecified atom stereocenters. The zero-order chi connectivity index (χ0) is 44.4. The lowest BCUT2D eigenvalue weighted by Gasteiger charge is -2.18. The van der Waals surface area contributed by atoms with Gasteiger partial charge in [0.05, 0.1) is 0 Å². The van der Waals surface area contributed by atoms with Crippen LogP contribution in [0, 0.1) is 0 Å². The summed E-state index contributed by atoms with van der Waals surface area (Å²) in [5.41, 5.74) is 0. The molecule has 0 aromatic carbocycles. The van der Waals surface area contributed by atoms with Gasteiger partial charge in [-0.25, -0.2) is 0 Å². The number of carbonyl (C=O) groups excluding carboxylic acids is 3. The Labute approximate surface area is 377 Å². The van der Waals surface area contributed by atoms with Gasteiger partial charge in [0.2, 0.25) is 0 Å². The van der Waals surface area contributed by atoms with E-state index in [9.17, 15) is 14.4 Å². The van der Waals surface area contributed by atoms with Crippen molar-refractivity contribution in [2.45, 2.75) is 258 Å². The number of carbonyl (C=O) groups is 3. The summed E-state index contributed by atoms with van der Waals surface area (Å²) in [6, 6.07) is 0. The minimum Gasteiger partial charge on any atom is -0.462 e. The summed E-state index contributed by atoms with van der Waals surface area (Å²) < 4.78 is 16.7. The molecule has 0 heterocycles. The highest BCUT2D eigenvalue weighted by molar-refractivity contribution is 5.71. The lowest BCUT2D eigenvalue weighted by atomic mass is 10.0. The summed E-state index contributed by atoms with van der Waals surface area (Å²) in [4.78, 5) is 37.9. The maximum Gasteiger partial charge on any atom is 0.306 e. The molecule has 0 saturated heterocycles. The summed E-state index contributed by atoms with van der Waals surface area (Å²) in [6.07, 6.45) is 60.6. The van der Waals surface area contributed by atoms with Crippen molar-refractivity contribution >= 4 is 17.9 Å². The Morgan fingerprint density at radius 3 is 1.07 bits per heavy atom. The summed E-state index contributed by atoms with van der Waals surface area (Å²) in [6.45, 7) is 6.53. The molecule has 0 bridgehead atoms.